The molecular weight excluding hydrogens is 624 g/mol. The number of hydrogen-bond donors (Lipinski definition) is 2. The van der Waals surface area contributed by atoms with Crippen molar-refractivity contribution in [1.82, 2.24) is 9.99 Å². The molecule has 2 N–H and O–H groups in total. The largest absolute Gasteiger partial charge is 0.493 e. The molecule has 3 aromatic carbocycles. The van der Waals surface area contributed by atoms with Gasteiger partial charge in [0.05, 0.1) is 23.9 Å². The van der Waals surface area contributed by atoms with E-state index in [0.29, 0.717) is 33.1 Å². The van der Waals surface area contributed by atoms with Crippen molar-refractivity contribution in [1.29, 1.82) is 0 Å². The Morgan fingerprint density at radius 3 is 2.21 bits per heavy atom. The number of amides is 2. The third-order valence-electron chi connectivity index (χ3n) is 10.5. The number of nitrogens with one attached hydrogen (secondary N) is 2. The van der Waals surface area contributed by atoms with E-state index < -0.39 is 5.91 Å². The van der Waals surface area contributed by atoms with Gasteiger partial charge in [-0.3, -0.25) is 9.59 Å². The average Bonchev–Trinajstić information content (AvgIpc) is 3.41. The van der Waals surface area contributed by atoms with Crippen LogP contribution in [0.1, 0.15) is 71.4 Å². The quantitative estimate of drug-likeness (QED) is 0.133. The Hall–Kier alpha value is -4.56. The number of aromatic nitrogens is 1. The molecule has 2 amide bonds. The van der Waals surface area contributed by atoms with E-state index in [1.165, 1.54) is 57.4 Å². The standard InChI is InChI=1S/C39H41ClN4O4/c1-24-4-5-25(2)44(24)32-11-12-34(40)33(18-32)38(46)43-41-22-26-6-13-35(36(17-26)47-3)48-23-37(45)42-31-9-7-30(8-10-31)39-19-27-14-28(20-39)16-29(15-27)21-39/h4-13,17-18,22,27-29H,14-16,19-21,23H2,1-3H3,(H,42,45)(H,43,46). The van der Waals surface area contributed by atoms with Gasteiger partial charge in [0.1, 0.15) is 0 Å². The Morgan fingerprint density at radius 2 is 1.56 bits per heavy atom. The molecule has 48 heavy (non-hydrogen) atoms. The number of aryl methyl sites for hydroxylation is 2. The van der Waals surface area contributed by atoms with Crippen LogP contribution < -0.4 is 20.2 Å². The lowest BCUT2D eigenvalue weighted by atomic mass is 9.48. The first-order chi connectivity index (χ1) is 23.2. The average molecular weight is 665 g/mol. The van der Waals surface area contributed by atoms with Gasteiger partial charge in [-0.15, -0.1) is 0 Å². The Morgan fingerprint density at radius 1 is 0.896 bits per heavy atom. The van der Waals surface area contributed by atoms with Gasteiger partial charge in [0, 0.05) is 22.8 Å². The number of benzene rings is 3. The summed E-state index contributed by atoms with van der Waals surface area (Å²) in [6.45, 7) is 3.84. The number of hydrazone groups is 1. The molecule has 0 atom stereocenters. The predicted octanol–water partition coefficient (Wildman–Crippen LogP) is 8.01. The van der Waals surface area contributed by atoms with Gasteiger partial charge in [-0.05, 0) is 147 Å². The molecule has 4 fully saturated rings. The van der Waals surface area contributed by atoms with Gasteiger partial charge < -0.3 is 19.4 Å². The summed E-state index contributed by atoms with van der Waals surface area (Å²) in [5, 5.41) is 7.41. The summed E-state index contributed by atoms with van der Waals surface area (Å²) in [6, 6.07) is 23.0. The highest BCUT2D eigenvalue weighted by atomic mass is 35.5. The van der Waals surface area contributed by atoms with E-state index in [0.717, 1.165) is 40.5 Å². The minimum atomic E-state index is -0.430. The van der Waals surface area contributed by atoms with Crippen LogP contribution >= 0.6 is 11.6 Å². The van der Waals surface area contributed by atoms with Crippen LogP contribution in [0.15, 0.2) is 77.9 Å². The molecule has 8 rings (SSSR count). The fourth-order valence-corrected chi connectivity index (χ4v) is 8.93. The van der Waals surface area contributed by atoms with Crippen molar-refractivity contribution in [3.05, 3.63) is 106 Å². The van der Waals surface area contributed by atoms with Crippen molar-refractivity contribution >= 4 is 35.3 Å². The molecule has 4 aliphatic carbocycles. The van der Waals surface area contributed by atoms with Crippen molar-refractivity contribution in [3.63, 3.8) is 0 Å². The van der Waals surface area contributed by atoms with Crippen LogP contribution in [0, 0.1) is 31.6 Å². The van der Waals surface area contributed by atoms with E-state index in [4.69, 9.17) is 21.1 Å². The van der Waals surface area contributed by atoms with E-state index in [2.05, 4.69) is 32.5 Å². The van der Waals surface area contributed by atoms with Crippen LogP contribution in [0.25, 0.3) is 5.69 Å². The number of nitrogens with zero attached hydrogens (tertiary/aromatic N) is 2. The van der Waals surface area contributed by atoms with Crippen LogP contribution in [0.3, 0.4) is 0 Å². The molecule has 4 saturated carbocycles. The third-order valence-corrected chi connectivity index (χ3v) is 10.8. The van der Waals surface area contributed by atoms with Gasteiger partial charge in [0.2, 0.25) is 0 Å². The highest BCUT2D eigenvalue weighted by molar-refractivity contribution is 6.33. The SMILES string of the molecule is COc1cc(C=NNC(=O)c2cc(-n3c(C)ccc3C)ccc2Cl)ccc1OCC(=O)Nc1ccc(C23CC4CC(CC(C4)C2)C3)cc1. The van der Waals surface area contributed by atoms with Crippen molar-refractivity contribution in [3.8, 4) is 17.2 Å². The van der Waals surface area contributed by atoms with Crippen molar-refractivity contribution in [2.75, 3.05) is 19.0 Å². The Kier molecular flexibility index (Phi) is 8.77. The zero-order chi connectivity index (χ0) is 33.4. The second-order valence-corrected chi connectivity index (χ2v) is 14.2. The first-order valence-electron chi connectivity index (χ1n) is 16.7. The molecule has 1 aromatic heterocycles. The van der Waals surface area contributed by atoms with E-state index in [-0.39, 0.29) is 12.5 Å². The molecule has 9 heteroatoms. The highest BCUT2D eigenvalue weighted by Crippen LogP contribution is 2.60. The summed E-state index contributed by atoms with van der Waals surface area (Å²) < 4.78 is 13.4. The summed E-state index contributed by atoms with van der Waals surface area (Å²) >= 11 is 6.36. The van der Waals surface area contributed by atoms with E-state index in [1.54, 1.807) is 30.3 Å². The molecule has 4 aromatic rings. The number of halogens is 1. The summed E-state index contributed by atoms with van der Waals surface area (Å²) in [5.41, 5.74) is 9.01. The van der Waals surface area contributed by atoms with Crippen molar-refractivity contribution in [2.24, 2.45) is 22.9 Å². The third kappa shape index (κ3) is 6.46. The second-order valence-electron chi connectivity index (χ2n) is 13.8. The Labute approximate surface area is 286 Å². The lowest BCUT2D eigenvalue weighted by molar-refractivity contribution is -0.118. The minimum Gasteiger partial charge on any atom is -0.493 e. The summed E-state index contributed by atoms with van der Waals surface area (Å²) in [7, 11) is 1.53. The molecule has 4 bridgehead atoms. The molecule has 0 unspecified atom stereocenters. The number of carbonyl (C=O) groups excluding carboxylic acids is 2. The monoisotopic (exact) mass is 664 g/mol. The molecule has 8 nitrogen and oxygen atoms in total. The number of anilines is 1. The topological polar surface area (TPSA) is 93.9 Å². The van der Waals surface area contributed by atoms with Crippen LogP contribution in [0.5, 0.6) is 11.5 Å². The van der Waals surface area contributed by atoms with Crippen LogP contribution in [0.2, 0.25) is 5.02 Å². The van der Waals surface area contributed by atoms with E-state index in [9.17, 15) is 9.59 Å². The number of carbonyl (C=O) groups is 2. The van der Waals surface area contributed by atoms with Crippen molar-refractivity contribution < 1.29 is 19.1 Å². The van der Waals surface area contributed by atoms with Gasteiger partial charge in [-0.1, -0.05) is 23.7 Å². The fraction of sp³-hybridized carbons (Fsp3) is 0.359. The fourth-order valence-electron chi connectivity index (χ4n) is 8.72. The van der Waals surface area contributed by atoms with Crippen LogP contribution in [-0.4, -0.2) is 36.3 Å². The Bertz CT molecular complexity index is 1820. The summed E-state index contributed by atoms with van der Waals surface area (Å²) in [4.78, 5) is 25.7. The maximum absolute atomic E-state index is 12.9. The highest BCUT2D eigenvalue weighted by Gasteiger charge is 2.51. The zero-order valence-corrected chi connectivity index (χ0v) is 28.3. The lowest BCUT2D eigenvalue weighted by Gasteiger charge is -2.57. The van der Waals surface area contributed by atoms with E-state index >= 15 is 0 Å². The molecular formula is C39H41ClN4O4. The van der Waals surface area contributed by atoms with Gasteiger partial charge in [-0.2, -0.15) is 5.10 Å². The van der Waals surface area contributed by atoms with Gasteiger partial charge in [-0.25, -0.2) is 5.43 Å². The summed E-state index contributed by atoms with van der Waals surface area (Å²) in [6.07, 6.45) is 9.73. The maximum atomic E-state index is 12.9. The number of ether oxygens (including phenoxy) is 2. The number of methoxy groups -OCH3 is 1. The first-order valence-corrected chi connectivity index (χ1v) is 17.1. The minimum absolute atomic E-state index is 0.168. The molecule has 248 valence electrons. The molecule has 0 aliphatic heterocycles. The van der Waals surface area contributed by atoms with Gasteiger partial charge >= 0.3 is 0 Å². The molecule has 0 spiro atoms. The number of rotatable bonds is 10. The van der Waals surface area contributed by atoms with Gasteiger partial charge in [0.15, 0.2) is 18.1 Å². The molecule has 4 aliphatic rings. The predicted molar refractivity (Wildman–Crippen MR) is 189 cm³/mol. The molecule has 0 radical (unpaired) electrons. The summed E-state index contributed by atoms with van der Waals surface area (Å²) in [5.74, 6) is 2.86. The molecule has 1 heterocycles. The normalized spacial score (nSPS) is 22.5. The Balaban J connectivity index is 0.933. The van der Waals surface area contributed by atoms with E-state index in [1.807, 2.05) is 44.2 Å². The van der Waals surface area contributed by atoms with Crippen LogP contribution in [0.4, 0.5) is 5.69 Å². The number of hydrogen-bond acceptors (Lipinski definition) is 5. The lowest BCUT2D eigenvalue weighted by Crippen LogP contribution is -2.48. The first kappa shape index (κ1) is 32.0. The maximum Gasteiger partial charge on any atom is 0.272 e. The van der Waals surface area contributed by atoms with Crippen LogP contribution in [-0.2, 0) is 10.2 Å². The molecule has 0 saturated heterocycles. The van der Waals surface area contributed by atoms with Crippen molar-refractivity contribution in [2.45, 2.75) is 57.8 Å². The second kappa shape index (κ2) is 13.2. The smallest absolute Gasteiger partial charge is 0.272 e. The zero-order valence-electron chi connectivity index (χ0n) is 27.6. The van der Waals surface area contributed by atoms with Gasteiger partial charge in [0.25, 0.3) is 11.8 Å².